The molecule has 1 aromatic carbocycles. The number of nitro groups is 1. The van der Waals surface area contributed by atoms with Gasteiger partial charge in [0.1, 0.15) is 16.7 Å². The lowest BCUT2D eigenvalue weighted by molar-refractivity contribution is -0.402. The third kappa shape index (κ3) is 4.42. The number of nitrogens with two attached hydrogens (primary N) is 1. The van der Waals surface area contributed by atoms with Crippen molar-refractivity contribution in [2.45, 2.75) is 6.10 Å². The first kappa shape index (κ1) is 22.4. The second-order valence-electron chi connectivity index (χ2n) is 7.36. The SMILES string of the molecule is NC[C@H]1CN(c2cc(F)c(N3CCNN(C(=O)c4ccc([N+](=O)[O-])o4)CC3)c(F)c2)C(=O)O1. The fourth-order valence-electron chi connectivity index (χ4n) is 3.67. The van der Waals surface area contributed by atoms with Gasteiger partial charge in [0.2, 0.25) is 5.76 Å². The molecule has 1 atom stereocenters. The molecule has 2 amide bonds. The summed E-state index contributed by atoms with van der Waals surface area (Å²) in [5, 5.41) is 11.9. The lowest BCUT2D eigenvalue weighted by Gasteiger charge is -2.25. The van der Waals surface area contributed by atoms with E-state index >= 15 is 0 Å². The van der Waals surface area contributed by atoms with E-state index in [1.54, 1.807) is 0 Å². The van der Waals surface area contributed by atoms with Crippen LogP contribution >= 0.6 is 0 Å². The second-order valence-corrected chi connectivity index (χ2v) is 7.36. The molecule has 2 aliphatic heterocycles. The molecule has 2 aliphatic rings. The Bertz CT molecular complexity index is 1070. The first-order valence-electron chi connectivity index (χ1n) is 10.00. The van der Waals surface area contributed by atoms with Gasteiger partial charge in [-0.3, -0.25) is 24.8 Å². The van der Waals surface area contributed by atoms with Crippen LogP contribution in [0, 0.1) is 21.7 Å². The third-order valence-electron chi connectivity index (χ3n) is 5.27. The van der Waals surface area contributed by atoms with Gasteiger partial charge in [-0.05, 0) is 6.07 Å². The van der Waals surface area contributed by atoms with Crippen molar-refractivity contribution in [2.75, 3.05) is 49.1 Å². The normalized spacial score (nSPS) is 18.9. The Morgan fingerprint density at radius 2 is 1.97 bits per heavy atom. The van der Waals surface area contributed by atoms with E-state index in [2.05, 4.69) is 5.43 Å². The molecule has 0 spiro atoms. The summed E-state index contributed by atoms with van der Waals surface area (Å²) in [6, 6.07) is 4.33. The predicted octanol–water partition coefficient (Wildman–Crippen LogP) is 1.22. The second kappa shape index (κ2) is 8.99. The zero-order valence-electron chi connectivity index (χ0n) is 17.2. The maximum Gasteiger partial charge on any atom is 0.433 e. The van der Waals surface area contributed by atoms with Crippen molar-refractivity contribution >= 4 is 29.3 Å². The van der Waals surface area contributed by atoms with Crippen LogP contribution in [-0.4, -0.2) is 67.3 Å². The fraction of sp³-hybridized carbons (Fsp3) is 0.368. The lowest BCUT2D eigenvalue weighted by Crippen LogP contribution is -2.43. The van der Waals surface area contributed by atoms with E-state index in [9.17, 15) is 28.5 Å². The number of hydrogen-bond acceptors (Lipinski definition) is 9. The maximum absolute atomic E-state index is 14.9. The molecule has 0 saturated carbocycles. The first-order valence-corrected chi connectivity index (χ1v) is 10.00. The number of amides is 2. The zero-order valence-corrected chi connectivity index (χ0v) is 17.2. The Hall–Kier alpha value is -3.78. The quantitative estimate of drug-likeness (QED) is 0.490. The zero-order chi connectivity index (χ0) is 23.7. The van der Waals surface area contributed by atoms with Crippen LogP contribution in [0.25, 0.3) is 0 Å². The van der Waals surface area contributed by atoms with E-state index in [-0.39, 0.29) is 56.4 Å². The highest BCUT2D eigenvalue weighted by Gasteiger charge is 2.33. The molecule has 3 N–H and O–H groups in total. The summed E-state index contributed by atoms with van der Waals surface area (Å²) in [6.07, 6.45) is -1.29. The number of nitrogens with one attached hydrogen (secondary N) is 1. The van der Waals surface area contributed by atoms with Crippen LogP contribution in [0.1, 0.15) is 10.6 Å². The van der Waals surface area contributed by atoms with Crippen LogP contribution in [-0.2, 0) is 4.74 Å². The number of carbonyl (C=O) groups excluding carboxylic acids is 2. The van der Waals surface area contributed by atoms with Crippen molar-refractivity contribution in [1.82, 2.24) is 10.4 Å². The Morgan fingerprint density at radius 1 is 1.24 bits per heavy atom. The topological polar surface area (TPSA) is 147 Å². The molecule has 1 aromatic heterocycles. The molecule has 0 aliphatic carbocycles. The smallest absolute Gasteiger partial charge is 0.433 e. The van der Waals surface area contributed by atoms with Crippen molar-refractivity contribution < 1.29 is 32.4 Å². The molecule has 3 heterocycles. The van der Waals surface area contributed by atoms with Gasteiger partial charge in [0.25, 0.3) is 0 Å². The molecule has 176 valence electrons. The minimum Gasteiger partial charge on any atom is -0.443 e. The van der Waals surface area contributed by atoms with Gasteiger partial charge in [-0.25, -0.2) is 19.0 Å². The van der Waals surface area contributed by atoms with Crippen LogP contribution in [0.2, 0.25) is 0 Å². The van der Waals surface area contributed by atoms with Crippen LogP contribution in [0.15, 0.2) is 28.7 Å². The molecule has 0 unspecified atom stereocenters. The number of hydrazine groups is 1. The molecular weight excluding hydrogens is 446 g/mol. The summed E-state index contributed by atoms with van der Waals surface area (Å²) in [5.74, 6) is -3.22. The molecule has 12 nitrogen and oxygen atoms in total. The highest BCUT2D eigenvalue weighted by Crippen LogP contribution is 2.31. The highest BCUT2D eigenvalue weighted by molar-refractivity contribution is 5.91. The van der Waals surface area contributed by atoms with Gasteiger partial charge in [-0.2, -0.15) is 0 Å². The number of halogens is 2. The summed E-state index contributed by atoms with van der Waals surface area (Å²) in [5.41, 5.74) is 8.02. The van der Waals surface area contributed by atoms with Gasteiger partial charge in [-0.1, -0.05) is 0 Å². The molecule has 14 heteroatoms. The van der Waals surface area contributed by atoms with Gasteiger partial charge in [0.05, 0.1) is 24.8 Å². The van der Waals surface area contributed by atoms with Gasteiger partial charge in [0, 0.05) is 38.3 Å². The monoisotopic (exact) mass is 466 g/mol. The molecule has 0 radical (unpaired) electrons. The summed E-state index contributed by atoms with van der Waals surface area (Å²) < 4.78 is 39.8. The number of cyclic esters (lactones) is 1. The fourth-order valence-corrected chi connectivity index (χ4v) is 3.67. The Morgan fingerprint density at radius 3 is 2.58 bits per heavy atom. The number of hydrogen-bond donors (Lipinski definition) is 2. The van der Waals surface area contributed by atoms with E-state index < -0.39 is 40.5 Å². The molecule has 0 bridgehead atoms. The van der Waals surface area contributed by atoms with E-state index in [1.165, 1.54) is 16.0 Å². The van der Waals surface area contributed by atoms with E-state index in [0.29, 0.717) is 0 Å². The van der Waals surface area contributed by atoms with Crippen LogP contribution in [0.3, 0.4) is 0 Å². The summed E-state index contributed by atoms with van der Waals surface area (Å²) in [7, 11) is 0. The van der Waals surface area contributed by atoms with E-state index in [0.717, 1.165) is 23.1 Å². The lowest BCUT2D eigenvalue weighted by atomic mass is 10.2. The van der Waals surface area contributed by atoms with E-state index in [1.807, 2.05) is 0 Å². The van der Waals surface area contributed by atoms with Gasteiger partial charge in [0.15, 0.2) is 11.6 Å². The van der Waals surface area contributed by atoms with Gasteiger partial charge < -0.3 is 19.8 Å². The predicted molar refractivity (Wildman–Crippen MR) is 110 cm³/mol. The number of nitrogens with zero attached hydrogens (tertiary/aromatic N) is 4. The Labute approximate surface area is 185 Å². The molecule has 4 rings (SSSR count). The van der Waals surface area contributed by atoms with Crippen LogP contribution < -0.4 is 21.0 Å². The van der Waals surface area contributed by atoms with Crippen molar-refractivity contribution in [3.8, 4) is 0 Å². The van der Waals surface area contributed by atoms with Crippen molar-refractivity contribution in [1.29, 1.82) is 0 Å². The van der Waals surface area contributed by atoms with Gasteiger partial charge in [-0.15, -0.1) is 0 Å². The first-order chi connectivity index (χ1) is 15.8. The van der Waals surface area contributed by atoms with Crippen LogP contribution in [0.4, 0.5) is 30.8 Å². The molecule has 2 aromatic rings. The van der Waals surface area contributed by atoms with E-state index in [4.69, 9.17) is 14.9 Å². The third-order valence-corrected chi connectivity index (χ3v) is 5.27. The molecular formula is C19H20F2N6O6. The maximum atomic E-state index is 14.9. The number of benzene rings is 1. The van der Waals surface area contributed by atoms with Crippen LogP contribution in [0.5, 0.6) is 0 Å². The average Bonchev–Trinajstić information content (AvgIpc) is 3.34. The summed E-state index contributed by atoms with van der Waals surface area (Å²) >= 11 is 0. The van der Waals surface area contributed by atoms with Crippen molar-refractivity contribution in [3.05, 3.63) is 51.8 Å². The Balaban J connectivity index is 1.48. The van der Waals surface area contributed by atoms with Crippen molar-refractivity contribution in [2.24, 2.45) is 5.73 Å². The van der Waals surface area contributed by atoms with Crippen molar-refractivity contribution in [3.63, 3.8) is 0 Å². The Kier molecular flexibility index (Phi) is 6.11. The highest BCUT2D eigenvalue weighted by atomic mass is 19.1. The molecule has 33 heavy (non-hydrogen) atoms. The number of rotatable bonds is 5. The standard InChI is InChI=1S/C19H20F2N6O6/c20-13-7-11(25-10-12(9-22)32-19(25)29)8-14(21)17(13)24-4-3-23-26(6-5-24)18(28)15-1-2-16(33-15)27(30)31/h1-2,7-8,12,23H,3-6,9-10,22H2/t12-/m0/s1. The van der Waals surface area contributed by atoms with Gasteiger partial charge >= 0.3 is 17.9 Å². The average molecular weight is 466 g/mol. The summed E-state index contributed by atoms with van der Waals surface area (Å²) in [4.78, 5) is 37.0. The minimum atomic E-state index is -0.879. The largest absolute Gasteiger partial charge is 0.443 e. The molecule has 2 saturated heterocycles. The number of carbonyl (C=O) groups is 2. The number of furan rings is 1. The summed E-state index contributed by atoms with van der Waals surface area (Å²) in [6.45, 7) is 0.582. The minimum absolute atomic E-state index is 0.0128. The number of ether oxygens (including phenoxy) is 1. The molecule has 2 fully saturated rings. The number of anilines is 2.